The van der Waals surface area contributed by atoms with Gasteiger partial charge < -0.3 is 14.2 Å². The molecule has 0 spiro atoms. The molecule has 0 aliphatic heterocycles. The first-order valence-corrected chi connectivity index (χ1v) is 7.36. The number of hydrogen-bond donors (Lipinski definition) is 1. The lowest BCUT2D eigenvalue weighted by atomic mass is 10.2. The van der Waals surface area contributed by atoms with Crippen LogP contribution in [0, 0.1) is 0 Å². The van der Waals surface area contributed by atoms with Gasteiger partial charge in [-0.15, -0.1) is 0 Å². The zero-order chi connectivity index (χ0) is 12.9. The molecule has 1 rings (SSSR count). The summed E-state index contributed by atoms with van der Waals surface area (Å²) in [6.45, 7) is 3.70. The quantitative estimate of drug-likeness (QED) is 0.796. The number of benzene rings is 1. The maximum absolute atomic E-state index is 11.8. The lowest BCUT2D eigenvalue weighted by Crippen LogP contribution is -2.05. The molecule has 0 saturated heterocycles. The Bertz CT molecular complexity index is 388. The first-order chi connectivity index (χ1) is 7.96. The molecule has 4 nitrogen and oxygen atoms in total. The number of hydrogen-bond acceptors (Lipinski definition) is 3. The van der Waals surface area contributed by atoms with E-state index in [1.165, 1.54) is 0 Å². The average molecular weight is 258 g/mol. The van der Waals surface area contributed by atoms with Gasteiger partial charge in [0.2, 0.25) is 0 Å². The number of methoxy groups -OCH3 is 1. The van der Waals surface area contributed by atoms with Crippen LogP contribution in [0.25, 0.3) is 0 Å². The van der Waals surface area contributed by atoms with Gasteiger partial charge in [0.15, 0.2) is 0 Å². The summed E-state index contributed by atoms with van der Waals surface area (Å²) in [5.74, 6) is 0.726. The van der Waals surface area contributed by atoms with E-state index in [1.807, 2.05) is 6.92 Å². The zero-order valence-corrected chi connectivity index (χ0v) is 11.3. The van der Waals surface area contributed by atoms with Crippen molar-refractivity contribution in [2.24, 2.45) is 0 Å². The number of rotatable bonds is 6. The van der Waals surface area contributed by atoms with Gasteiger partial charge in [0.25, 0.3) is 0 Å². The maximum Gasteiger partial charge on any atom is 0.332 e. The fourth-order valence-electron chi connectivity index (χ4n) is 1.35. The third-order valence-corrected chi connectivity index (χ3v) is 3.92. The molecule has 0 aliphatic rings. The predicted octanol–water partition coefficient (Wildman–Crippen LogP) is 3.20. The van der Waals surface area contributed by atoms with E-state index in [1.54, 1.807) is 38.3 Å². The Balaban J connectivity index is 2.65. The molecule has 0 radical (unpaired) electrons. The van der Waals surface area contributed by atoms with E-state index in [0.29, 0.717) is 6.42 Å². The van der Waals surface area contributed by atoms with Gasteiger partial charge in [-0.25, -0.2) is 0 Å². The van der Waals surface area contributed by atoms with Crippen LogP contribution in [0.3, 0.4) is 0 Å². The highest BCUT2D eigenvalue weighted by atomic mass is 31.2. The molecule has 1 aromatic rings. The van der Waals surface area contributed by atoms with Crippen LogP contribution >= 0.6 is 7.60 Å². The number of ether oxygens (including phenoxy) is 1. The Labute approximate surface area is 102 Å². The molecule has 1 aromatic carbocycles. The molecular weight excluding hydrogens is 239 g/mol. The molecule has 1 N–H and O–H groups in total. The second kappa shape index (κ2) is 6.20. The van der Waals surface area contributed by atoms with Crippen molar-refractivity contribution in [3.05, 3.63) is 29.8 Å². The van der Waals surface area contributed by atoms with E-state index in [0.717, 1.165) is 11.3 Å². The third-order valence-electron chi connectivity index (χ3n) is 2.46. The van der Waals surface area contributed by atoms with Crippen LogP contribution in [0.1, 0.15) is 25.8 Å². The van der Waals surface area contributed by atoms with Crippen molar-refractivity contribution < 1.29 is 18.7 Å². The molecule has 0 saturated carbocycles. The Hall–Kier alpha value is -0.830. The summed E-state index contributed by atoms with van der Waals surface area (Å²) in [5.41, 5.74) is 0.764. The fourth-order valence-corrected chi connectivity index (χ4v) is 2.81. The van der Waals surface area contributed by atoms with E-state index in [2.05, 4.69) is 0 Å². The lowest BCUT2D eigenvalue weighted by Gasteiger charge is -2.16. The topological polar surface area (TPSA) is 55.8 Å². The SMILES string of the molecule is CCC(C)OP(=O)(O)Cc1ccc(OC)cc1. The highest BCUT2D eigenvalue weighted by Crippen LogP contribution is 2.47. The summed E-state index contributed by atoms with van der Waals surface area (Å²) >= 11 is 0. The van der Waals surface area contributed by atoms with Crippen LogP contribution in [0.5, 0.6) is 5.75 Å². The van der Waals surface area contributed by atoms with Crippen LogP contribution in [0.4, 0.5) is 0 Å². The smallest absolute Gasteiger partial charge is 0.332 e. The van der Waals surface area contributed by atoms with E-state index in [4.69, 9.17) is 9.26 Å². The highest BCUT2D eigenvalue weighted by Gasteiger charge is 2.22. The second-order valence-electron chi connectivity index (χ2n) is 3.97. The van der Waals surface area contributed by atoms with Gasteiger partial charge in [-0.1, -0.05) is 19.1 Å². The maximum atomic E-state index is 11.8. The van der Waals surface area contributed by atoms with E-state index in [-0.39, 0.29) is 12.3 Å². The van der Waals surface area contributed by atoms with Crippen molar-refractivity contribution in [1.29, 1.82) is 0 Å². The highest BCUT2D eigenvalue weighted by molar-refractivity contribution is 7.51. The minimum Gasteiger partial charge on any atom is -0.497 e. The molecule has 2 atom stereocenters. The van der Waals surface area contributed by atoms with Crippen molar-refractivity contribution in [3.63, 3.8) is 0 Å². The van der Waals surface area contributed by atoms with Gasteiger partial charge in [-0.3, -0.25) is 4.57 Å². The van der Waals surface area contributed by atoms with Crippen LogP contribution in [-0.2, 0) is 15.3 Å². The van der Waals surface area contributed by atoms with Gasteiger partial charge in [0, 0.05) is 0 Å². The summed E-state index contributed by atoms with van der Waals surface area (Å²) in [4.78, 5) is 9.70. The minimum atomic E-state index is -3.55. The molecule has 0 amide bonds. The summed E-state index contributed by atoms with van der Waals surface area (Å²) < 4.78 is 22.0. The van der Waals surface area contributed by atoms with Crippen LogP contribution in [0.15, 0.2) is 24.3 Å². The Morgan fingerprint density at radius 2 is 1.94 bits per heavy atom. The van der Waals surface area contributed by atoms with Gasteiger partial charge >= 0.3 is 7.60 Å². The standard InChI is InChI=1S/C12H19O4P/c1-4-10(2)16-17(13,14)9-11-5-7-12(15-3)8-6-11/h5-8,10H,4,9H2,1-3H3,(H,13,14). The third kappa shape index (κ3) is 4.90. The van der Waals surface area contributed by atoms with Crippen LogP contribution < -0.4 is 4.74 Å². The lowest BCUT2D eigenvalue weighted by molar-refractivity contribution is 0.185. The summed E-state index contributed by atoms with van der Waals surface area (Å²) in [6, 6.07) is 7.06. The Kier molecular flexibility index (Phi) is 5.19. The monoisotopic (exact) mass is 258 g/mol. The van der Waals surface area contributed by atoms with Gasteiger partial charge in [0.1, 0.15) is 5.75 Å². The van der Waals surface area contributed by atoms with Crippen LogP contribution in [0.2, 0.25) is 0 Å². The van der Waals surface area contributed by atoms with Gasteiger partial charge in [0.05, 0.1) is 19.4 Å². The van der Waals surface area contributed by atoms with Crippen molar-refractivity contribution >= 4 is 7.60 Å². The Morgan fingerprint density at radius 1 is 1.35 bits per heavy atom. The van der Waals surface area contributed by atoms with E-state index < -0.39 is 7.60 Å². The molecular formula is C12H19O4P. The predicted molar refractivity (Wildman–Crippen MR) is 67.4 cm³/mol. The van der Waals surface area contributed by atoms with Crippen molar-refractivity contribution in [3.8, 4) is 5.75 Å². The normalized spacial score (nSPS) is 16.2. The Morgan fingerprint density at radius 3 is 2.41 bits per heavy atom. The van der Waals surface area contributed by atoms with Gasteiger partial charge in [-0.05, 0) is 31.0 Å². The molecule has 5 heteroatoms. The molecule has 0 fully saturated rings. The molecule has 0 heterocycles. The summed E-state index contributed by atoms with van der Waals surface area (Å²) in [6.07, 6.45) is 0.540. The van der Waals surface area contributed by atoms with Crippen molar-refractivity contribution in [2.45, 2.75) is 32.5 Å². The van der Waals surface area contributed by atoms with Gasteiger partial charge in [-0.2, -0.15) is 0 Å². The molecule has 2 unspecified atom stereocenters. The first-order valence-electron chi connectivity index (χ1n) is 5.60. The van der Waals surface area contributed by atoms with Crippen LogP contribution in [-0.4, -0.2) is 18.1 Å². The molecule has 0 bridgehead atoms. The van der Waals surface area contributed by atoms with Crippen molar-refractivity contribution in [1.82, 2.24) is 0 Å². The summed E-state index contributed by atoms with van der Waals surface area (Å²) in [5, 5.41) is 0. The van der Waals surface area contributed by atoms with E-state index in [9.17, 15) is 9.46 Å². The molecule has 0 aliphatic carbocycles. The van der Waals surface area contributed by atoms with E-state index >= 15 is 0 Å². The molecule has 96 valence electrons. The zero-order valence-electron chi connectivity index (χ0n) is 10.4. The largest absolute Gasteiger partial charge is 0.497 e. The second-order valence-corrected chi connectivity index (χ2v) is 5.77. The fraction of sp³-hybridized carbons (Fsp3) is 0.500. The average Bonchev–Trinajstić information content (AvgIpc) is 2.28. The molecule has 17 heavy (non-hydrogen) atoms. The first kappa shape index (κ1) is 14.2. The van der Waals surface area contributed by atoms with Crippen molar-refractivity contribution in [2.75, 3.05) is 7.11 Å². The molecule has 0 aromatic heterocycles. The minimum absolute atomic E-state index is 0.0291. The summed E-state index contributed by atoms with van der Waals surface area (Å²) in [7, 11) is -1.97.